The van der Waals surface area contributed by atoms with Gasteiger partial charge in [-0.15, -0.1) is 15.0 Å². The number of nitrogens with zero attached hydrogens (tertiary/aromatic N) is 4. The third-order valence-electron chi connectivity index (χ3n) is 2.86. The molecule has 0 aliphatic rings. The highest BCUT2D eigenvalue weighted by molar-refractivity contribution is 5.91. The number of aromatic nitrogens is 5. The second kappa shape index (κ2) is 4.76. The van der Waals surface area contributed by atoms with Gasteiger partial charge in [0.1, 0.15) is 11.4 Å². The van der Waals surface area contributed by atoms with E-state index in [0.29, 0.717) is 29.4 Å². The maximum absolute atomic E-state index is 11.6. The van der Waals surface area contributed by atoms with E-state index < -0.39 is 0 Å². The van der Waals surface area contributed by atoms with Crippen LogP contribution in [0.15, 0.2) is 29.1 Å². The summed E-state index contributed by atoms with van der Waals surface area (Å²) in [4.78, 5) is 15.8. The average Bonchev–Trinajstić information content (AvgIpc) is 2.85. The maximum atomic E-state index is 11.6. The minimum atomic E-state index is -0.191. The third-order valence-corrected chi connectivity index (χ3v) is 2.86. The molecule has 0 amide bonds. The van der Waals surface area contributed by atoms with Gasteiger partial charge in [-0.1, -0.05) is 0 Å². The van der Waals surface area contributed by atoms with Crippen LogP contribution in [0.3, 0.4) is 0 Å². The summed E-state index contributed by atoms with van der Waals surface area (Å²) in [5.41, 5.74) is 1.09. The molecule has 0 spiro atoms. The smallest absolute Gasteiger partial charge is 0.248 e. The van der Waals surface area contributed by atoms with E-state index in [2.05, 4.69) is 20.4 Å². The normalized spacial score (nSPS) is 10.9. The number of benzene rings is 1. The zero-order chi connectivity index (χ0) is 14.1. The summed E-state index contributed by atoms with van der Waals surface area (Å²) in [7, 11) is 0. The lowest BCUT2D eigenvalue weighted by atomic mass is 10.1. The van der Waals surface area contributed by atoms with Gasteiger partial charge in [-0.05, 0) is 37.3 Å². The third kappa shape index (κ3) is 2.03. The van der Waals surface area contributed by atoms with Crippen LogP contribution in [0.2, 0.25) is 0 Å². The van der Waals surface area contributed by atoms with Crippen LogP contribution in [-0.4, -0.2) is 31.8 Å². The van der Waals surface area contributed by atoms with Crippen LogP contribution in [0.4, 0.5) is 0 Å². The minimum Gasteiger partial charge on any atom is -0.493 e. The molecule has 3 rings (SSSR count). The Morgan fingerprint density at radius 1 is 1.30 bits per heavy atom. The number of pyridine rings is 1. The Morgan fingerprint density at radius 2 is 2.15 bits per heavy atom. The van der Waals surface area contributed by atoms with Crippen molar-refractivity contribution in [3.63, 3.8) is 0 Å². The number of ether oxygens (including phenoxy) is 1. The number of hydrogen-bond acceptors (Lipinski definition) is 5. The molecule has 0 saturated carbocycles. The molecule has 0 aliphatic heterocycles. The lowest BCUT2D eigenvalue weighted by molar-refractivity contribution is 0.344. The second-order valence-corrected chi connectivity index (χ2v) is 4.25. The van der Waals surface area contributed by atoms with E-state index in [1.165, 1.54) is 10.9 Å². The van der Waals surface area contributed by atoms with E-state index in [1.807, 2.05) is 13.0 Å². The molecule has 0 fully saturated rings. The van der Waals surface area contributed by atoms with Crippen LogP contribution >= 0.6 is 0 Å². The number of fused-ring (bicyclic) bond motifs is 1. The molecule has 0 radical (unpaired) electrons. The molecule has 0 saturated heterocycles. The Bertz CT molecular complexity index is 821. The van der Waals surface area contributed by atoms with Crippen LogP contribution in [0.25, 0.3) is 16.6 Å². The number of aryl methyl sites for hydroxylation is 1. The lowest BCUT2D eigenvalue weighted by Gasteiger charge is -2.10. The molecule has 1 aromatic carbocycles. The first-order valence-corrected chi connectivity index (χ1v) is 6.25. The van der Waals surface area contributed by atoms with E-state index in [0.717, 1.165) is 5.39 Å². The Hall–Kier alpha value is -2.70. The standard InChI is InChI=1S/C13H13N5O2/c1-3-20-11-6-5-10(18-16-8(2)15-17-18)13-9(11)4-7-12(19)14-13/h4-7H,3H2,1-2H3,(H,14,19). The quantitative estimate of drug-likeness (QED) is 0.773. The van der Waals surface area contributed by atoms with Crippen molar-refractivity contribution in [1.29, 1.82) is 0 Å². The lowest BCUT2D eigenvalue weighted by Crippen LogP contribution is -2.08. The Balaban J connectivity index is 2.30. The molecule has 2 aromatic heterocycles. The molecule has 102 valence electrons. The van der Waals surface area contributed by atoms with Crippen molar-refractivity contribution in [3.05, 3.63) is 40.4 Å². The summed E-state index contributed by atoms with van der Waals surface area (Å²) in [6.07, 6.45) is 0. The summed E-state index contributed by atoms with van der Waals surface area (Å²) < 4.78 is 5.57. The van der Waals surface area contributed by atoms with Crippen LogP contribution < -0.4 is 10.3 Å². The van der Waals surface area contributed by atoms with Gasteiger partial charge in [0, 0.05) is 11.5 Å². The second-order valence-electron chi connectivity index (χ2n) is 4.25. The van der Waals surface area contributed by atoms with Crippen LogP contribution in [0.1, 0.15) is 12.7 Å². The first-order chi connectivity index (χ1) is 9.69. The van der Waals surface area contributed by atoms with Crippen molar-refractivity contribution in [2.24, 2.45) is 0 Å². The molecular formula is C13H13N5O2. The van der Waals surface area contributed by atoms with Gasteiger partial charge in [-0.3, -0.25) is 4.79 Å². The number of hydrogen-bond donors (Lipinski definition) is 1. The molecule has 0 unspecified atom stereocenters. The molecule has 0 atom stereocenters. The highest BCUT2D eigenvalue weighted by Crippen LogP contribution is 2.27. The van der Waals surface area contributed by atoms with E-state index >= 15 is 0 Å². The van der Waals surface area contributed by atoms with Gasteiger partial charge in [0.05, 0.1) is 12.1 Å². The van der Waals surface area contributed by atoms with Crippen molar-refractivity contribution in [1.82, 2.24) is 25.2 Å². The van der Waals surface area contributed by atoms with E-state index in [4.69, 9.17) is 4.74 Å². The molecule has 7 heteroatoms. The summed E-state index contributed by atoms with van der Waals surface area (Å²) in [6.45, 7) is 4.21. The van der Waals surface area contributed by atoms with Crippen molar-refractivity contribution < 1.29 is 4.74 Å². The number of nitrogens with one attached hydrogen (secondary N) is 1. The van der Waals surface area contributed by atoms with Gasteiger partial charge >= 0.3 is 0 Å². The maximum Gasteiger partial charge on any atom is 0.248 e. The van der Waals surface area contributed by atoms with E-state index in [-0.39, 0.29) is 5.56 Å². The van der Waals surface area contributed by atoms with Gasteiger partial charge in [0.25, 0.3) is 0 Å². The molecule has 0 bridgehead atoms. The molecular weight excluding hydrogens is 258 g/mol. The highest BCUT2D eigenvalue weighted by Gasteiger charge is 2.11. The number of tetrazole rings is 1. The molecule has 2 heterocycles. The predicted molar refractivity (Wildman–Crippen MR) is 73.2 cm³/mol. The fourth-order valence-corrected chi connectivity index (χ4v) is 2.04. The van der Waals surface area contributed by atoms with Crippen molar-refractivity contribution in [3.8, 4) is 11.4 Å². The van der Waals surface area contributed by atoms with Gasteiger partial charge in [0.2, 0.25) is 5.56 Å². The summed E-state index contributed by atoms with van der Waals surface area (Å²) in [5.74, 6) is 1.27. The predicted octanol–water partition coefficient (Wildman–Crippen LogP) is 1.21. The van der Waals surface area contributed by atoms with Crippen molar-refractivity contribution >= 4 is 10.9 Å². The van der Waals surface area contributed by atoms with E-state index in [1.54, 1.807) is 19.1 Å². The first-order valence-electron chi connectivity index (χ1n) is 6.25. The Morgan fingerprint density at radius 3 is 2.85 bits per heavy atom. The van der Waals surface area contributed by atoms with Gasteiger partial charge in [-0.2, -0.15) is 0 Å². The highest BCUT2D eigenvalue weighted by atomic mass is 16.5. The Kier molecular flexibility index (Phi) is 2.94. The topological polar surface area (TPSA) is 85.7 Å². The first kappa shape index (κ1) is 12.3. The van der Waals surface area contributed by atoms with Crippen molar-refractivity contribution in [2.45, 2.75) is 13.8 Å². The number of aromatic amines is 1. The van der Waals surface area contributed by atoms with Gasteiger partial charge < -0.3 is 9.72 Å². The summed E-state index contributed by atoms with van der Waals surface area (Å²) in [5, 5.41) is 12.8. The van der Waals surface area contributed by atoms with Crippen LogP contribution in [0, 0.1) is 6.92 Å². The molecule has 3 aromatic rings. The minimum absolute atomic E-state index is 0.191. The SMILES string of the molecule is CCOc1ccc(-n2nnc(C)n2)c2[nH]c(=O)ccc12. The van der Waals surface area contributed by atoms with Gasteiger partial charge in [0.15, 0.2) is 5.82 Å². The number of H-pyrrole nitrogens is 1. The molecule has 7 nitrogen and oxygen atoms in total. The Labute approximate surface area is 114 Å². The fourth-order valence-electron chi connectivity index (χ4n) is 2.04. The van der Waals surface area contributed by atoms with Crippen LogP contribution in [0.5, 0.6) is 5.75 Å². The zero-order valence-corrected chi connectivity index (χ0v) is 11.1. The zero-order valence-electron chi connectivity index (χ0n) is 11.1. The summed E-state index contributed by atoms with van der Waals surface area (Å²) in [6, 6.07) is 6.82. The summed E-state index contributed by atoms with van der Waals surface area (Å²) >= 11 is 0. The largest absolute Gasteiger partial charge is 0.493 e. The van der Waals surface area contributed by atoms with Gasteiger partial charge in [-0.25, -0.2) is 0 Å². The molecule has 20 heavy (non-hydrogen) atoms. The van der Waals surface area contributed by atoms with E-state index in [9.17, 15) is 4.79 Å². The fraction of sp³-hybridized carbons (Fsp3) is 0.231. The average molecular weight is 271 g/mol. The van der Waals surface area contributed by atoms with Crippen molar-refractivity contribution in [2.75, 3.05) is 6.61 Å². The number of rotatable bonds is 3. The monoisotopic (exact) mass is 271 g/mol. The molecule has 1 N–H and O–H groups in total. The van der Waals surface area contributed by atoms with Crippen LogP contribution in [-0.2, 0) is 0 Å². The molecule has 0 aliphatic carbocycles.